The van der Waals surface area contributed by atoms with Gasteiger partial charge in [0.25, 0.3) is 5.91 Å². The first-order chi connectivity index (χ1) is 13.7. The molecule has 7 nitrogen and oxygen atoms in total. The lowest BCUT2D eigenvalue weighted by molar-refractivity contribution is 0.0951. The standard InChI is InChI=1S/C20H19ClN4O3/c21-17-8-15(9-18-19(17)28-7-1-6-27-18)10-23-20(26)16-4-2-14(3-5-16)11-25-13-22-12-24-25/h2-5,8-9,12-13H,1,6-7,10-11H2,(H,23,26). The number of hydrogen-bond acceptors (Lipinski definition) is 5. The van der Waals surface area contributed by atoms with Crippen LogP contribution in [-0.4, -0.2) is 33.9 Å². The fraction of sp³-hybridized carbons (Fsp3) is 0.250. The Morgan fingerprint density at radius 3 is 2.75 bits per heavy atom. The van der Waals surface area contributed by atoms with E-state index in [1.54, 1.807) is 29.2 Å². The maximum Gasteiger partial charge on any atom is 0.251 e. The van der Waals surface area contributed by atoms with Crippen LogP contribution in [0, 0.1) is 0 Å². The number of hydrogen-bond donors (Lipinski definition) is 1. The molecule has 0 radical (unpaired) electrons. The van der Waals surface area contributed by atoms with Crippen molar-refractivity contribution in [3.05, 3.63) is 70.8 Å². The highest BCUT2D eigenvalue weighted by molar-refractivity contribution is 6.32. The second-order valence-corrected chi connectivity index (χ2v) is 6.84. The number of nitrogens with zero attached hydrogens (tertiary/aromatic N) is 3. The lowest BCUT2D eigenvalue weighted by atomic mass is 10.1. The van der Waals surface area contributed by atoms with Crippen molar-refractivity contribution in [3.8, 4) is 11.5 Å². The molecule has 4 rings (SSSR count). The van der Waals surface area contributed by atoms with Crippen LogP contribution in [0.15, 0.2) is 49.1 Å². The Labute approximate surface area is 167 Å². The van der Waals surface area contributed by atoms with E-state index >= 15 is 0 Å². The molecule has 2 aromatic carbocycles. The van der Waals surface area contributed by atoms with E-state index in [1.165, 1.54) is 6.33 Å². The molecule has 28 heavy (non-hydrogen) atoms. The molecule has 0 saturated carbocycles. The van der Waals surface area contributed by atoms with Gasteiger partial charge in [0.05, 0.1) is 24.8 Å². The van der Waals surface area contributed by atoms with Crippen LogP contribution in [0.5, 0.6) is 11.5 Å². The van der Waals surface area contributed by atoms with Gasteiger partial charge < -0.3 is 14.8 Å². The van der Waals surface area contributed by atoms with Crippen molar-refractivity contribution >= 4 is 17.5 Å². The van der Waals surface area contributed by atoms with Crippen molar-refractivity contribution in [2.24, 2.45) is 0 Å². The first-order valence-corrected chi connectivity index (χ1v) is 9.34. The van der Waals surface area contributed by atoms with Crippen LogP contribution < -0.4 is 14.8 Å². The van der Waals surface area contributed by atoms with Crippen molar-refractivity contribution in [2.75, 3.05) is 13.2 Å². The zero-order chi connectivity index (χ0) is 19.3. The van der Waals surface area contributed by atoms with Gasteiger partial charge in [-0.15, -0.1) is 0 Å². The largest absolute Gasteiger partial charge is 0.489 e. The summed E-state index contributed by atoms with van der Waals surface area (Å²) in [5.74, 6) is 1.03. The maximum absolute atomic E-state index is 12.4. The first-order valence-electron chi connectivity index (χ1n) is 8.96. The second-order valence-electron chi connectivity index (χ2n) is 6.43. The average Bonchev–Trinajstić information content (AvgIpc) is 3.09. The van der Waals surface area contributed by atoms with Crippen molar-refractivity contribution in [1.29, 1.82) is 0 Å². The molecule has 144 valence electrons. The number of benzene rings is 2. The summed E-state index contributed by atoms with van der Waals surface area (Å²) in [6, 6.07) is 11.0. The van der Waals surface area contributed by atoms with E-state index in [-0.39, 0.29) is 5.91 Å². The number of amides is 1. The van der Waals surface area contributed by atoms with Crippen LogP contribution in [0.4, 0.5) is 0 Å². The Morgan fingerprint density at radius 1 is 1.14 bits per heavy atom. The van der Waals surface area contributed by atoms with Crippen LogP contribution in [0.2, 0.25) is 5.02 Å². The van der Waals surface area contributed by atoms with Crippen LogP contribution in [0.3, 0.4) is 0 Å². The lowest BCUT2D eigenvalue weighted by Gasteiger charge is -2.12. The van der Waals surface area contributed by atoms with Crippen LogP contribution in [-0.2, 0) is 13.1 Å². The third kappa shape index (κ3) is 4.26. The minimum atomic E-state index is -0.157. The highest BCUT2D eigenvalue weighted by atomic mass is 35.5. The molecule has 1 aliphatic rings. The Hall–Kier alpha value is -3.06. The molecule has 0 atom stereocenters. The molecule has 0 spiro atoms. The minimum Gasteiger partial charge on any atom is -0.489 e. The lowest BCUT2D eigenvalue weighted by Crippen LogP contribution is -2.22. The Morgan fingerprint density at radius 2 is 1.96 bits per heavy atom. The van der Waals surface area contributed by atoms with Gasteiger partial charge in [0.15, 0.2) is 11.5 Å². The predicted octanol–water partition coefficient (Wildman–Crippen LogP) is 3.07. The van der Waals surface area contributed by atoms with E-state index < -0.39 is 0 Å². The summed E-state index contributed by atoms with van der Waals surface area (Å²) in [6.07, 6.45) is 3.96. The van der Waals surface area contributed by atoms with Crippen molar-refractivity contribution in [1.82, 2.24) is 20.1 Å². The topological polar surface area (TPSA) is 78.3 Å². The number of nitrogens with one attached hydrogen (secondary N) is 1. The molecule has 8 heteroatoms. The molecular formula is C20H19ClN4O3. The van der Waals surface area contributed by atoms with Gasteiger partial charge in [-0.2, -0.15) is 5.10 Å². The van der Waals surface area contributed by atoms with Gasteiger partial charge in [-0.1, -0.05) is 23.7 Å². The van der Waals surface area contributed by atoms with Gasteiger partial charge in [0, 0.05) is 18.5 Å². The smallest absolute Gasteiger partial charge is 0.251 e. The number of halogens is 1. The maximum atomic E-state index is 12.4. The van der Waals surface area contributed by atoms with Gasteiger partial charge in [0.1, 0.15) is 12.7 Å². The normalized spacial score (nSPS) is 13.0. The summed E-state index contributed by atoms with van der Waals surface area (Å²) < 4.78 is 13.0. The highest BCUT2D eigenvalue weighted by Gasteiger charge is 2.16. The molecule has 0 fully saturated rings. The van der Waals surface area contributed by atoms with Gasteiger partial charge >= 0.3 is 0 Å². The van der Waals surface area contributed by atoms with E-state index in [9.17, 15) is 4.79 Å². The Balaban J connectivity index is 1.39. The average molecular weight is 399 g/mol. The summed E-state index contributed by atoms with van der Waals surface area (Å²) in [5, 5.41) is 7.47. The molecule has 0 bridgehead atoms. The fourth-order valence-corrected chi connectivity index (χ4v) is 3.22. The number of carbonyl (C=O) groups is 1. The quantitative estimate of drug-likeness (QED) is 0.714. The zero-order valence-corrected chi connectivity index (χ0v) is 15.9. The van der Waals surface area contributed by atoms with Crippen molar-refractivity contribution < 1.29 is 14.3 Å². The first kappa shape index (κ1) is 18.3. The summed E-state index contributed by atoms with van der Waals surface area (Å²) in [7, 11) is 0. The van der Waals surface area contributed by atoms with E-state index in [4.69, 9.17) is 21.1 Å². The molecule has 1 aromatic heterocycles. The van der Waals surface area contributed by atoms with Crippen LogP contribution in [0.1, 0.15) is 27.9 Å². The number of rotatable bonds is 5. The van der Waals surface area contributed by atoms with Crippen molar-refractivity contribution in [3.63, 3.8) is 0 Å². The van der Waals surface area contributed by atoms with E-state index in [1.807, 2.05) is 18.2 Å². The van der Waals surface area contributed by atoms with Gasteiger partial charge in [-0.3, -0.25) is 4.79 Å². The van der Waals surface area contributed by atoms with Crippen LogP contribution >= 0.6 is 11.6 Å². The van der Waals surface area contributed by atoms with E-state index in [2.05, 4.69) is 15.4 Å². The molecule has 1 aliphatic heterocycles. The molecule has 2 heterocycles. The number of aromatic nitrogens is 3. The summed E-state index contributed by atoms with van der Waals surface area (Å²) >= 11 is 6.30. The van der Waals surface area contributed by atoms with Gasteiger partial charge in [0.2, 0.25) is 0 Å². The monoisotopic (exact) mass is 398 g/mol. The minimum absolute atomic E-state index is 0.157. The Kier molecular flexibility index (Phi) is 5.43. The molecular weight excluding hydrogens is 380 g/mol. The van der Waals surface area contributed by atoms with Crippen molar-refractivity contribution in [2.45, 2.75) is 19.5 Å². The number of ether oxygens (including phenoxy) is 2. The molecule has 3 aromatic rings. The number of fused-ring (bicyclic) bond motifs is 1. The van der Waals surface area contributed by atoms with Gasteiger partial charge in [-0.05, 0) is 35.4 Å². The van der Waals surface area contributed by atoms with Gasteiger partial charge in [-0.25, -0.2) is 9.67 Å². The summed E-state index contributed by atoms with van der Waals surface area (Å²) in [5.41, 5.74) is 2.48. The predicted molar refractivity (Wildman–Crippen MR) is 104 cm³/mol. The molecule has 0 aliphatic carbocycles. The number of carbonyl (C=O) groups excluding carboxylic acids is 1. The highest BCUT2D eigenvalue weighted by Crippen LogP contribution is 2.37. The zero-order valence-electron chi connectivity index (χ0n) is 15.1. The second kappa shape index (κ2) is 8.31. The molecule has 0 unspecified atom stereocenters. The van der Waals surface area contributed by atoms with E-state index in [0.29, 0.717) is 48.4 Å². The fourth-order valence-electron chi connectivity index (χ4n) is 2.93. The van der Waals surface area contributed by atoms with E-state index in [0.717, 1.165) is 17.5 Å². The Bertz CT molecular complexity index is 958. The summed E-state index contributed by atoms with van der Waals surface area (Å²) in [4.78, 5) is 16.4. The third-order valence-electron chi connectivity index (χ3n) is 4.34. The molecule has 0 saturated heterocycles. The van der Waals surface area contributed by atoms with Crippen LogP contribution in [0.25, 0.3) is 0 Å². The molecule has 1 amide bonds. The molecule has 1 N–H and O–H groups in total. The third-order valence-corrected chi connectivity index (χ3v) is 4.62. The summed E-state index contributed by atoms with van der Waals surface area (Å²) in [6.45, 7) is 2.11. The SMILES string of the molecule is O=C(NCc1cc(Cl)c2c(c1)OCCCO2)c1ccc(Cn2cncn2)cc1.